The van der Waals surface area contributed by atoms with Gasteiger partial charge in [-0.1, -0.05) is 34.1 Å². The molecule has 0 aromatic heterocycles. The zero-order chi connectivity index (χ0) is 21.7. The first-order chi connectivity index (χ1) is 14.5. The highest BCUT2D eigenvalue weighted by molar-refractivity contribution is 9.11. The number of methoxy groups -OCH3 is 2. The first kappa shape index (κ1) is 21.4. The summed E-state index contributed by atoms with van der Waals surface area (Å²) in [5.41, 5.74) is 2.23. The largest absolute Gasteiger partial charge is 0.508 e. The second kappa shape index (κ2) is 9.45. The molecule has 3 rings (SSSR count). The van der Waals surface area contributed by atoms with E-state index in [0.29, 0.717) is 34.8 Å². The number of phenols is 3. The highest BCUT2D eigenvalue weighted by Crippen LogP contribution is 2.50. The third kappa shape index (κ3) is 4.31. The van der Waals surface area contributed by atoms with Crippen LogP contribution in [0.1, 0.15) is 0 Å². The average molecular weight is 473 g/mol. The standard InChI is InChI=1S/C23H21BrO6/c1-28-20-13-17(14-4-7-16(25)8-5-14)23(29-2)22(27)21(20)15-6-9-19(18(26)12-15)30-11-3-10-24/h3-10,12-13,25-27H,11H2,1-2H3/b10-3-. The summed E-state index contributed by atoms with van der Waals surface area (Å²) in [7, 11) is 2.95. The highest BCUT2D eigenvalue weighted by atomic mass is 79.9. The van der Waals surface area contributed by atoms with Gasteiger partial charge in [0.25, 0.3) is 0 Å². The zero-order valence-electron chi connectivity index (χ0n) is 16.4. The maximum Gasteiger partial charge on any atom is 0.170 e. The van der Waals surface area contributed by atoms with Gasteiger partial charge in [0.1, 0.15) is 18.1 Å². The Kier molecular flexibility index (Phi) is 6.74. The van der Waals surface area contributed by atoms with Gasteiger partial charge in [0, 0.05) is 5.56 Å². The van der Waals surface area contributed by atoms with Crippen LogP contribution in [0.15, 0.2) is 59.6 Å². The zero-order valence-corrected chi connectivity index (χ0v) is 18.0. The molecule has 0 aliphatic carbocycles. The number of aromatic hydroxyl groups is 3. The van der Waals surface area contributed by atoms with Crippen molar-refractivity contribution in [1.82, 2.24) is 0 Å². The van der Waals surface area contributed by atoms with Gasteiger partial charge in [-0.15, -0.1) is 0 Å². The lowest BCUT2D eigenvalue weighted by atomic mass is 9.96. The van der Waals surface area contributed by atoms with E-state index < -0.39 is 0 Å². The Balaban J connectivity index is 2.11. The van der Waals surface area contributed by atoms with Crippen LogP contribution in [0.4, 0.5) is 0 Å². The molecule has 3 N–H and O–H groups in total. The van der Waals surface area contributed by atoms with Crippen molar-refractivity contribution < 1.29 is 29.5 Å². The Morgan fingerprint density at radius 3 is 2.17 bits per heavy atom. The van der Waals surface area contributed by atoms with Gasteiger partial charge in [-0.3, -0.25) is 0 Å². The number of hydrogen-bond acceptors (Lipinski definition) is 6. The predicted octanol–water partition coefficient (Wildman–Crippen LogP) is 5.44. The van der Waals surface area contributed by atoms with Crippen LogP contribution in [0.5, 0.6) is 34.5 Å². The number of hydrogen-bond donors (Lipinski definition) is 3. The van der Waals surface area contributed by atoms with Crippen LogP contribution >= 0.6 is 15.9 Å². The lowest BCUT2D eigenvalue weighted by Crippen LogP contribution is -1.96. The normalized spacial score (nSPS) is 10.9. The van der Waals surface area contributed by atoms with E-state index in [-0.39, 0.29) is 23.0 Å². The van der Waals surface area contributed by atoms with Crippen molar-refractivity contribution >= 4 is 15.9 Å². The Labute approximate surface area is 182 Å². The molecule has 3 aromatic rings. The van der Waals surface area contributed by atoms with Crippen molar-refractivity contribution in [3.8, 4) is 56.8 Å². The smallest absolute Gasteiger partial charge is 0.170 e. The van der Waals surface area contributed by atoms with Crippen molar-refractivity contribution in [2.45, 2.75) is 0 Å². The molecule has 0 unspecified atom stereocenters. The summed E-state index contributed by atoms with van der Waals surface area (Å²) in [4.78, 5) is 1.67. The highest BCUT2D eigenvalue weighted by Gasteiger charge is 2.22. The predicted molar refractivity (Wildman–Crippen MR) is 119 cm³/mol. The lowest BCUT2D eigenvalue weighted by Gasteiger charge is -2.18. The Morgan fingerprint density at radius 2 is 1.57 bits per heavy atom. The van der Waals surface area contributed by atoms with Crippen molar-refractivity contribution in [2.24, 2.45) is 0 Å². The number of phenolic OH excluding ortho intramolecular Hbond substituents is 3. The molecule has 0 aliphatic heterocycles. The van der Waals surface area contributed by atoms with E-state index in [9.17, 15) is 15.3 Å². The van der Waals surface area contributed by atoms with Crippen LogP contribution in [0, 0.1) is 0 Å². The summed E-state index contributed by atoms with van der Waals surface area (Å²) >= 11 is 3.16. The van der Waals surface area contributed by atoms with E-state index in [4.69, 9.17) is 14.2 Å². The molecule has 0 saturated heterocycles. The fourth-order valence-corrected chi connectivity index (χ4v) is 3.25. The summed E-state index contributed by atoms with van der Waals surface area (Å²) < 4.78 is 16.5. The van der Waals surface area contributed by atoms with E-state index in [0.717, 1.165) is 5.56 Å². The quantitative estimate of drug-likeness (QED) is 0.424. The van der Waals surface area contributed by atoms with Crippen LogP contribution in [0.2, 0.25) is 0 Å². The fraction of sp³-hybridized carbons (Fsp3) is 0.130. The summed E-state index contributed by atoms with van der Waals surface area (Å²) in [5, 5.41) is 30.9. The van der Waals surface area contributed by atoms with Gasteiger partial charge >= 0.3 is 0 Å². The second-order valence-corrected chi connectivity index (χ2v) is 6.81. The molecule has 0 amide bonds. The molecule has 0 spiro atoms. The third-order valence-corrected chi connectivity index (χ3v) is 4.87. The monoisotopic (exact) mass is 472 g/mol. The van der Waals surface area contributed by atoms with Crippen molar-refractivity contribution in [3.05, 3.63) is 59.6 Å². The van der Waals surface area contributed by atoms with Crippen LogP contribution < -0.4 is 14.2 Å². The molecule has 3 aromatic carbocycles. The average Bonchev–Trinajstić information content (AvgIpc) is 2.75. The third-order valence-electron chi connectivity index (χ3n) is 4.49. The molecule has 0 saturated carbocycles. The minimum Gasteiger partial charge on any atom is -0.508 e. The number of halogens is 1. The van der Waals surface area contributed by atoms with E-state index in [1.807, 2.05) is 0 Å². The van der Waals surface area contributed by atoms with Crippen LogP contribution in [-0.4, -0.2) is 36.1 Å². The molecular weight excluding hydrogens is 452 g/mol. The summed E-state index contributed by atoms with van der Waals surface area (Å²) in [5.74, 6) is 0.893. The lowest BCUT2D eigenvalue weighted by molar-refractivity contribution is 0.336. The molecule has 0 atom stereocenters. The molecule has 156 valence electrons. The first-order valence-corrected chi connectivity index (χ1v) is 9.90. The molecule has 0 bridgehead atoms. The van der Waals surface area contributed by atoms with Gasteiger partial charge in [0.15, 0.2) is 23.0 Å². The molecule has 6 nitrogen and oxygen atoms in total. The van der Waals surface area contributed by atoms with Gasteiger partial charge in [0.05, 0.1) is 19.8 Å². The van der Waals surface area contributed by atoms with E-state index in [2.05, 4.69) is 15.9 Å². The maximum atomic E-state index is 11.0. The molecule has 0 aliphatic rings. The SMILES string of the molecule is COc1cc(-c2ccc(O)cc2)c(OC)c(O)c1-c1ccc(OC/C=C\Br)c(O)c1. The fourth-order valence-electron chi connectivity index (χ4n) is 3.10. The van der Waals surface area contributed by atoms with Crippen molar-refractivity contribution in [3.63, 3.8) is 0 Å². The minimum absolute atomic E-state index is 0.0708. The topological polar surface area (TPSA) is 88.4 Å². The summed E-state index contributed by atoms with van der Waals surface area (Å²) in [6.45, 7) is 0.294. The molecule has 30 heavy (non-hydrogen) atoms. The van der Waals surface area contributed by atoms with E-state index >= 15 is 0 Å². The van der Waals surface area contributed by atoms with Crippen LogP contribution in [0.3, 0.4) is 0 Å². The number of ether oxygens (including phenoxy) is 3. The summed E-state index contributed by atoms with van der Waals surface area (Å²) in [6, 6.07) is 13.1. The Bertz CT molecular complexity index is 1060. The van der Waals surface area contributed by atoms with Gasteiger partial charge < -0.3 is 29.5 Å². The van der Waals surface area contributed by atoms with Gasteiger partial charge in [-0.25, -0.2) is 0 Å². The van der Waals surface area contributed by atoms with Gasteiger partial charge in [0.2, 0.25) is 0 Å². The maximum absolute atomic E-state index is 11.0. The van der Waals surface area contributed by atoms with Crippen molar-refractivity contribution in [1.29, 1.82) is 0 Å². The van der Waals surface area contributed by atoms with Crippen LogP contribution in [0.25, 0.3) is 22.3 Å². The first-order valence-electron chi connectivity index (χ1n) is 8.98. The molecule has 0 heterocycles. The van der Waals surface area contributed by atoms with E-state index in [1.165, 1.54) is 20.3 Å². The summed E-state index contributed by atoms with van der Waals surface area (Å²) in [6.07, 6.45) is 1.75. The van der Waals surface area contributed by atoms with Crippen LogP contribution in [-0.2, 0) is 0 Å². The van der Waals surface area contributed by atoms with Crippen molar-refractivity contribution in [2.75, 3.05) is 20.8 Å². The van der Waals surface area contributed by atoms with Gasteiger partial charge in [-0.2, -0.15) is 0 Å². The van der Waals surface area contributed by atoms with Gasteiger partial charge in [-0.05, 0) is 52.5 Å². The number of benzene rings is 3. The molecule has 7 heteroatoms. The number of rotatable bonds is 7. The molecule has 0 radical (unpaired) electrons. The Morgan fingerprint density at radius 1 is 0.867 bits per heavy atom. The Hall–Kier alpha value is -3.32. The molecule has 0 fully saturated rings. The second-order valence-electron chi connectivity index (χ2n) is 6.29. The molecular formula is C23H21BrO6. The van der Waals surface area contributed by atoms with E-state index in [1.54, 1.807) is 53.5 Å². The minimum atomic E-state index is -0.129.